The molecule has 0 saturated carbocycles. The van der Waals surface area contributed by atoms with Gasteiger partial charge in [0.1, 0.15) is 5.82 Å². The highest BCUT2D eigenvalue weighted by Gasteiger charge is 2.26. The van der Waals surface area contributed by atoms with Crippen LogP contribution in [0.3, 0.4) is 0 Å². The molecule has 0 aliphatic carbocycles. The van der Waals surface area contributed by atoms with Crippen LogP contribution in [-0.2, 0) is 0 Å². The fraction of sp³-hybridized carbons (Fsp3) is 0.600. The van der Waals surface area contributed by atoms with Crippen molar-refractivity contribution < 1.29 is 4.39 Å². The Labute approximate surface area is 123 Å². The van der Waals surface area contributed by atoms with Gasteiger partial charge in [-0.05, 0) is 66.9 Å². The van der Waals surface area contributed by atoms with Gasteiger partial charge in [0.15, 0.2) is 0 Å². The summed E-state index contributed by atoms with van der Waals surface area (Å²) < 4.78 is 14.1. The standard InChI is InChI=1S/C15H22BrFN2/c1-4-18-12-5-6-19(11(3)8-12)15-9-13(16)14(17)7-10(15)2/h7,9,11-12,18H,4-6,8H2,1-3H3. The largest absolute Gasteiger partial charge is 0.368 e. The first-order valence-electron chi connectivity index (χ1n) is 6.98. The van der Waals surface area contributed by atoms with E-state index < -0.39 is 0 Å². The molecule has 1 fully saturated rings. The topological polar surface area (TPSA) is 15.3 Å². The number of nitrogens with one attached hydrogen (secondary N) is 1. The normalized spacial score (nSPS) is 23.7. The van der Waals surface area contributed by atoms with Crippen molar-refractivity contribution in [3.63, 3.8) is 0 Å². The number of nitrogens with zero attached hydrogens (tertiary/aromatic N) is 1. The Morgan fingerprint density at radius 1 is 1.47 bits per heavy atom. The number of hydrogen-bond acceptors (Lipinski definition) is 2. The summed E-state index contributed by atoms with van der Waals surface area (Å²) in [6.45, 7) is 8.43. The molecule has 1 saturated heterocycles. The van der Waals surface area contributed by atoms with Gasteiger partial charge in [0.25, 0.3) is 0 Å². The lowest BCUT2D eigenvalue weighted by molar-refractivity contribution is 0.373. The average molecular weight is 329 g/mol. The number of rotatable bonds is 3. The van der Waals surface area contributed by atoms with Crippen LogP contribution in [0.4, 0.5) is 10.1 Å². The molecule has 2 rings (SSSR count). The van der Waals surface area contributed by atoms with Gasteiger partial charge in [-0.3, -0.25) is 0 Å². The highest BCUT2D eigenvalue weighted by molar-refractivity contribution is 9.10. The summed E-state index contributed by atoms with van der Waals surface area (Å²) in [4.78, 5) is 2.40. The fourth-order valence-electron chi connectivity index (χ4n) is 2.95. The Hall–Kier alpha value is -0.610. The molecule has 1 aliphatic heterocycles. The molecule has 1 aliphatic rings. The second-order valence-corrected chi connectivity index (χ2v) is 6.23. The average Bonchev–Trinajstić information content (AvgIpc) is 2.35. The highest BCUT2D eigenvalue weighted by atomic mass is 79.9. The van der Waals surface area contributed by atoms with E-state index in [1.165, 1.54) is 0 Å². The number of anilines is 1. The van der Waals surface area contributed by atoms with Gasteiger partial charge in [0, 0.05) is 24.3 Å². The van der Waals surface area contributed by atoms with Gasteiger partial charge in [-0.2, -0.15) is 0 Å². The van der Waals surface area contributed by atoms with E-state index in [1.54, 1.807) is 6.07 Å². The van der Waals surface area contributed by atoms with Crippen LogP contribution in [0, 0.1) is 12.7 Å². The summed E-state index contributed by atoms with van der Waals surface area (Å²) in [7, 11) is 0. The van der Waals surface area contributed by atoms with E-state index in [2.05, 4.69) is 40.0 Å². The maximum atomic E-state index is 13.5. The maximum absolute atomic E-state index is 13.5. The van der Waals surface area contributed by atoms with Crippen molar-refractivity contribution in [3.8, 4) is 0 Å². The van der Waals surface area contributed by atoms with E-state index in [1.807, 2.05) is 13.0 Å². The molecule has 2 atom stereocenters. The lowest BCUT2D eigenvalue weighted by Crippen LogP contribution is -2.47. The van der Waals surface area contributed by atoms with E-state index in [0.717, 1.165) is 37.2 Å². The molecule has 0 radical (unpaired) electrons. The van der Waals surface area contributed by atoms with Crippen molar-refractivity contribution >= 4 is 21.6 Å². The predicted octanol–water partition coefficient (Wildman–Crippen LogP) is 3.86. The maximum Gasteiger partial charge on any atom is 0.137 e. The third kappa shape index (κ3) is 3.29. The zero-order chi connectivity index (χ0) is 14.0. The van der Waals surface area contributed by atoms with Crippen LogP contribution in [0.5, 0.6) is 0 Å². The van der Waals surface area contributed by atoms with Crippen molar-refractivity contribution in [1.29, 1.82) is 0 Å². The summed E-state index contributed by atoms with van der Waals surface area (Å²) in [5.41, 5.74) is 2.16. The smallest absolute Gasteiger partial charge is 0.137 e. The Kier molecular flexibility index (Phi) is 4.85. The molecular weight excluding hydrogens is 307 g/mol. The molecule has 1 aromatic carbocycles. The molecule has 0 aromatic heterocycles. The fourth-order valence-corrected chi connectivity index (χ4v) is 3.28. The molecule has 1 heterocycles. The zero-order valence-electron chi connectivity index (χ0n) is 11.8. The molecule has 106 valence electrons. The van der Waals surface area contributed by atoms with E-state index >= 15 is 0 Å². The summed E-state index contributed by atoms with van der Waals surface area (Å²) in [5, 5.41) is 3.53. The Balaban J connectivity index is 2.17. The van der Waals surface area contributed by atoms with E-state index in [0.29, 0.717) is 16.6 Å². The first-order chi connectivity index (χ1) is 9.02. The molecule has 19 heavy (non-hydrogen) atoms. The van der Waals surface area contributed by atoms with Crippen LogP contribution >= 0.6 is 15.9 Å². The van der Waals surface area contributed by atoms with Crippen molar-refractivity contribution in [1.82, 2.24) is 5.32 Å². The molecule has 1 aromatic rings. The molecule has 0 spiro atoms. The molecule has 1 N–H and O–H groups in total. The second kappa shape index (κ2) is 6.23. The van der Waals surface area contributed by atoms with E-state index in [-0.39, 0.29) is 5.82 Å². The number of aryl methyl sites for hydroxylation is 1. The van der Waals surface area contributed by atoms with Crippen molar-refractivity contribution in [3.05, 3.63) is 28.0 Å². The molecule has 2 unspecified atom stereocenters. The minimum Gasteiger partial charge on any atom is -0.368 e. The second-order valence-electron chi connectivity index (χ2n) is 5.37. The van der Waals surface area contributed by atoms with E-state index in [4.69, 9.17) is 0 Å². The van der Waals surface area contributed by atoms with Crippen molar-refractivity contribution in [2.75, 3.05) is 18.0 Å². The van der Waals surface area contributed by atoms with Gasteiger partial charge in [-0.1, -0.05) is 6.92 Å². The molecular formula is C15H22BrFN2. The lowest BCUT2D eigenvalue weighted by Gasteiger charge is -2.40. The highest BCUT2D eigenvalue weighted by Crippen LogP contribution is 2.31. The van der Waals surface area contributed by atoms with Gasteiger partial charge in [0.2, 0.25) is 0 Å². The summed E-state index contributed by atoms with van der Waals surface area (Å²) in [6.07, 6.45) is 2.29. The Bertz CT molecular complexity index is 450. The van der Waals surface area contributed by atoms with Crippen LogP contribution in [0.1, 0.15) is 32.3 Å². The minimum atomic E-state index is -0.184. The molecule has 0 amide bonds. The van der Waals surface area contributed by atoms with Crippen LogP contribution in [0.25, 0.3) is 0 Å². The van der Waals surface area contributed by atoms with Gasteiger partial charge in [-0.15, -0.1) is 0 Å². The third-order valence-corrected chi connectivity index (χ3v) is 4.52. The number of piperidine rings is 1. The predicted molar refractivity (Wildman–Crippen MR) is 82.3 cm³/mol. The van der Waals surface area contributed by atoms with E-state index in [9.17, 15) is 4.39 Å². The van der Waals surface area contributed by atoms with Gasteiger partial charge in [-0.25, -0.2) is 4.39 Å². The summed E-state index contributed by atoms with van der Waals surface area (Å²) in [5.74, 6) is -0.184. The SMILES string of the molecule is CCNC1CCN(c2cc(Br)c(F)cc2C)C(C)C1. The Morgan fingerprint density at radius 3 is 2.84 bits per heavy atom. The number of hydrogen-bond donors (Lipinski definition) is 1. The van der Waals surface area contributed by atoms with Crippen LogP contribution in [0.2, 0.25) is 0 Å². The lowest BCUT2D eigenvalue weighted by atomic mass is 9.96. The van der Waals surface area contributed by atoms with Gasteiger partial charge >= 0.3 is 0 Å². The van der Waals surface area contributed by atoms with Crippen molar-refractivity contribution in [2.45, 2.75) is 45.7 Å². The Morgan fingerprint density at radius 2 is 2.21 bits per heavy atom. The summed E-state index contributed by atoms with van der Waals surface area (Å²) in [6, 6.07) is 4.62. The minimum absolute atomic E-state index is 0.184. The first-order valence-corrected chi connectivity index (χ1v) is 7.78. The van der Waals surface area contributed by atoms with Crippen LogP contribution < -0.4 is 10.2 Å². The van der Waals surface area contributed by atoms with Crippen molar-refractivity contribution in [2.24, 2.45) is 0 Å². The molecule has 4 heteroatoms. The monoisotopic (exact) mass is 328 g/mol. The molecule has 2 nitrogen and oxygen atoms in total. The van der Waals surface area contributed by atoms with Gasteiger partial charge in [0.05, 0.1) is 4.47 Å². The third-order valence-electron chi connectivity index (χ3n) is 3.92. The summed E-state index contributed by atoms with van der Waals surface area (Å²) >= 11 is 3.29. The quantitative estimate of drug-likeness (QED) is 0.906. The van der Waals surface area contributed by atoms with Gasteiger partial charge < -0.3 is 10.2 Å². The number of halogens is 2. The number of benzene rings is 1. The van der Waals surface area contributed by atoms with Crippen LogP contribution in [0.15, 0.2) is 16.6 Å². The molecule has 0 bridgehead atoms. The first kappa shape index (κ1) is 14.8. The zero-order valence-corrected chi connectivity index (χ0v) is 13.4. The van der Waals surface area contributed by atoms with Crippen LogP contribution in [-0.4, -0.2) is 25.2 Å².